The molecule has 0 saturated heterocycles. The molecular weight excluding hydrogens is 287 g/mol. The first-order valence-electron chi connectivity index (χ1n) is 4.57. The number of ether oxygens (including phenoxy) is 1. The van der Waals surface area contributed by atoms with Gasteiger partial charge in [-0.25, -0.2) is 9.18 Å². The molecule has 0 aromatic heterocycles. The van der Waals surface area contributed by atoms with Gasteiger partial charge >= 0.3 is 18.3 Å². The number of carbonyl (C=O) groups excluding carboxylic acids is 1. The lowest BCUT2D eigenvalue weighted by Gasteiger charge is -2.21. The van der Waals surface area contributed by atoms with Gasteiger partial charge in [0.2, 0.25) is 5.92 Å². The summed E-state index contributed by atoms with van der Waals surface area (Å²) in [5.41, 5.74) is -1.96. The van der Waals surface area contributed by atoms with E-state index in [1.807, 2.05) is 0 Å². The van der Waals surface area contributed by atoms with Crippen molar-refractivity contribution >= 4 is 5.97 Å². The minimum Gasteiger partial charge on any atom is -0.462 e. The van der Waals surface area contributed by atoms with Gasteiger partial charge in [-0.1, -0.05) is 0 Å². The molecule has 0 aromatic carbocycles. The van der Waals surface area contributed by atoms with Crippen LogP contribution < -0.4 is 0 Å². The molecule has 0 radical (unpaired) electrons. The molecule has 0 rings (SSSR count). The average molecular weight is 293 g/mol. The molecule has 108 valence electrons. The SMILES string of the molecule is CCOC(=O)/C(C#N)=C(/F)C(C(F)(F)F)C(F)(F)F. The fourth-order valence-corrected chi connectivity index (χ4v) is 1.02. The number of hydrogen-bond acceptors (Lipinski definition) is 3. The van der Waals surface area contributed by atoms with Crippen LogP contribution in [0.3, 0.4) is 0 Å². The Morgan fingerprint density at radius 2 is 1.63 bits per heavy atom. The van der Waals surface area contributed by atoms with Gasteiger partial charge in [-0.3, -0.25) is 0 Å². The monoisotopic (exact) mass is 293 g/mol. The summed E-state index contributed by atoms with van der Waals surface area (Å²) in [6.45, 7) is 0.732. The third-order valence-corrected chi connectivity index (χ3v) is 1.74. The molecule has 0 aliphatic heterocycles. The second kappa shape index (κ2) is 5.90. The van der Waals surface area contributed by atoms with Crippen LogP contribution in [0.25, 0.3) is 0 Å². The fraction of sp³-hybridized carbons (Fsp3) is 0.556. The van der Waals surface area contributed by atoms with Gasteiger partial charge in [0.05, 0.1) is 6.61 Å². The molecule has 19 heavy (non-hydrogen) atoms. The maximum Gasteiger partial charge on any atom is 0.406 e. The average Bonchev–Trinajstić information content (AvgIpc) is 2.13. The third kappa shape index (κ3) is 4.42. The Bertz CT molecular complexity index is 402. The lowest BCUT2D eigenvalue weighted by Crippen LogP contribution is -2.38. The van der Waals surface area contributed by atoms with Gasteiger partial charge in [-0.15, -0.1) is 0 Å². The third-order valence-electron chi connectivity index (χ3n) is 1.74. The van der Waals surface area contributed by atoms with E-state index in [2.05, 4.69) is 4.74 Å². The van der Waals surface area contributed by atoms with Crippen molar-refractivity contribution in [3.05, 3.63) is 11.4 Å². The molecule has 0 aromatic rings. The van der Waals surface area contributed by atoms with E-state index in [1.54, 1.807) is 0 Å². The highest BCUT2D eigenvalue weighted by atomic mass is 19.4. The predicted molar refractivity (Wildman–Crippen MR) is 46.0 cm³/mol. The van der Waals surface area contributed by atoms with E-state index < -0.39 is 42.2 Å². The molecule has 3 nitrogen and oxygen atoms in total. The minimum atomic E-state index is -6.03. The summed E-state index contributed by atoms with van der Waals surface area (Å²) >= 11 is 0. The van der Waals surface area contributed by atoms with E-state index >= 15 is 0 Å². The van der Waals surface area contributed by atoms with Gasteiger partial charge in [-0.05, 0) is 6.92 Å². The van der Waals surface area contributed by atoms with Crippen molar-refractivity contribution in [3.63, 3.8) is 0 Å². The quantitative estimate of drug-likeness (QED) is 0.348. The highest BCUT2D eigenvalue weighted by molar-refractivity contribution is 5.93. The Kier molecular flexibility index (Phi) is 5.34. The fourth-order valence-electron chi connectivity index (χ4n) is 1.02. The van der Waals surface area contributed by atoms with Crippen LogP contribution in [0.2, 0.25) is 0 Å². The summed E-state index contributed by atoms with van der Waals surface area (Å²) in [6.07, 6.45) is -12.1. The molecule has 0 fully saturated rings. The van der Waals surface area contributed by atoms with E-state index in [0.717, 1.165) is 0 Å². The van der Waals surface area contributed by atoms with Gasteiger partial charge in [0.1, 0.15) is 11.9 Å². The van der Waals surface area contributed by atoms with E-state index in [4.69, 9.17) is 5.26 Å². The molecule has 0 N–H and O–H groups in total. The lowest BCUT2D eigenvalue weighted by atomic mass is 10.0. The molecule has 0 heterocycles. The standard InChI is InChI=1S/C9H6F7NO2/c1-2-19-7(18)4(3-17)5(10)6(8(11,12)13)9(14,15)16/h6H,2H2,1H3/b5-4+. The lowest BCUT2D eigenvalue weighted by molar-refractivity contribution is -0.275. The second-order valence-corrected chi connectivity index (χ2v) is 3.07. The first kappa shape index (κ1) is 17.2. The van der Waals surface area contributed by atoms with E-state index in [-0.39, 0.29) is 0 Å². The van der Waals surface area contributed by atoms with Crippen molar-refractivity contribution in [2.75, 3.05) is 6.61 Å². The van der Waals surface area contributed by atoms with Crippen molar-refractivity contribution in [1.82, 2.24) is 0 Å². The molecule has 0 bridgehead atoms. The van der Waals surface area contributed by atoms with Crippen molar-refractivity contribution in [2.45, 2.75) is 19.3 Å². The Morgan fingerprint density at radius 1 is 1.21 bits per heavy atom. The van der Waals surface area contributed by atoms with E-state index in [1.165, 1.54) is 6.92 Å². The van der Waals surface area contributed by atoms with Crippen LogP contribution in [0.5, 0.6) is 0 Å². The van der Waals surface area contributed by atoms with Gasteiger partial charge in [0.15, 0.2) is 5.57 Å². The molecule has 0 unspecified atom stereocenters. The van der Waals surface area contributed by atoms with Crippen molar-refractivity contribution < 1.29 is 40.3 Å². The Morgan fingerprint density at radius 3 is 1.89 bits per heavy atom. The largest absolute Gasteiger partial charge is 0.462 e. The summed E-state index contributed by atoms with van der Waals surface area (Å²) in [5, 5.41) is 8.29. The van der Waals surface area contributed by atoms with Crippen molar-refractivity contribution in [2.24, 2.45) is 5.92 Å². The first-order chi connectivity index (χ1) is 8.46. The number of halogens is 7. The van der Waals surface area contributed by atoms with Crippen molar-refractivity contribution in [3.8, 4) is 6.07 Å². The van der Waals surface area contributed by atoms with Gasteiger partial charge in [0.25, 0.3) is 0 Å². The molecule has 10 heteroatoms. The second-order valence-electron chi connectivity index (χ2n) is 3.07. The minimum absolute atomic E-state index is 0.444. The van der Waals surface area contributed by atoms with Crippen LogP contribution in [0.15, 0.2) is 11.4 Å². The van der Waals surface area contributed by atoms with E-state index in [0.29, 0.717) is 6.07 Å². The van der Waals surface area contributed by atoms with Crippen LogP contribution in [-0.4, -0.2) is 24.9 Å². The number of nitriles is 1. The number of hydrogen-bond donors (Lipinski definition) is 0. The Balaban J connectivity index is 5.82. The van der Waals surface area contributed by atoms with Gasteiger partial charge < -0.3 is 4.74 Å². The number of allylic oxidation sites excluding steroid dienone is 1. The van der Waals surface area contributed by atoms with Crippen LogP contribution in [-0.2, 0) is 9.53 Å². The number of carbonyl (C=O) groups is 1. The van der Waals surface area contributed by atoms with Crippen LogP contribution in [0.1, 0.15) is 6.92 Å². The zero-order chi connectivity index (χ0) is 15.4. The molecule has 0 spiro atoms. The number of rotatable bonds is 3. The number of nitrogens with zero attached hydrogens (tertiary/aromatic N) is 1. The molecule has 0 aliphatic rings. The highest BCUT2D eigenvalue weighted by Crippen LogP contribution is 2.45. The molecule has 0 amide bonds. The van der Waals surface area contributed by atoms with E-state index in [9.17, 15) is 35.5 Å². The summed E-state index contributed by atoms with van der Waals surface area (Å²) in [6, 6.07) is 0.641. The van der Waals surface area contributed by atoms with Crippen LogP contribution >= 0.6 is 0 Å². The Hall–Kier alpha value is -1.79. The normalized spacial score (nSPS) is 13.9. The summed E-state index contributed by atoms with van der Waals surface area (Å²) in [7, 11) is 0. The topological polar surface area (TPSA) is 50.1 Å². The number of alkyl halides is 6. The molecule has 0 saturated carbocycles. The van der Waals surface area contributed by atoms with Gasteiger partial charge in [-0.2, -0.15) is 31.6 Å². The maximum absolute atomic E-state index is 13.2. The predicted octanol–water partition coefficient (Wildman–Crippen LogP) is 3.04. The molecular formula is C9H6F7NO2. The zero-order valence-electron chi connectivity index (χ0n) is 9.19. The Labute approximate surface area is 102 Å². The number of esters is 1. The zero-order valence-corrected chi connectivity index (χ0v) is 9.19. The smallest absolute Gasteiger partial charge is 0.406 e. The summed E-state index contributed by atoms with van der Waals surface area (Å²) in [5.74, 6) is -9.36. The first-order valence-corrected chi connectivity index (χ1v) is 4.57. The van der Waals surface area contributed by atoms with Crippen molar-refractivity contribution in [1.29, 1.82) is 5.26 Å². The molecule has 0 atom stereocenters. The maximum atomic E-state index is 13.2. The highest BCUT2D eigenvalue weighted by Gasteiger charge is 2.60. The summed E-state index contributed by atoms with van der Waals surface area (Å²) in [4.78, 5) is 10.9. The van der Waals surface area contributed by atoms with Gasteiger partial charge in [0, 0.05) is 0 Å². The van der Waals surface area contributed by atoms with Crippen LogP contribution in [0, 0.1) is 17.2 Å². The molecule has 0 aliphatic carbocycles. The summed E-state index contributed by atoms with van der Waals surface area (Å²) < 4.78 is 90.2. The van der Waals surface area contributed by atoms with Crippen LogP contribution in [0.4, 0.5) is 30.7 Å².